The van der Waals surface area contributed by atoms with Crippen molar-refractivity contribution in [1.82, 2.24) is 10.2 Å². The van der Waals surface area contributed by atoms with Crippen molar-refractivity contribution in [3.05, 3.63) is 22.6 Å². The molecule has 0 radical (unpaired) electrons. The minimum absolute atomic E-state index is 0.0385. The lowest BCUT2D eigenvalue weighted by Gasteiger charge is -2.26. The van der Waals surface area contributed by atoms with Gasteiger partial charge in [-0.15, -0.1) is 0 Å². The number of nitrogens with one attached hydrogen (secondary N) is 1. The summed E-state index contributed by atoms with van der Waals surface area (Å²) in [6.07, 6.45) is 1.51. The van der Waals surface area contributed by atoms with Crippen molar-refractivity contribution in [2.75, 3.05) is 26.2 Å². The second kappa shape index (κ2) is 4.14. The number of amides is 1. The topological polar surface area (TPSA) is 45.5 Å². The molecule has 0 unspecified atom stereocenters. The van der Waals surface area contributed by atoms with Crippen LogP contribution < -0.4 is 5.32 Å². The van der Waals surface area contributed by atoms with Crippen LogP contribution in [0.15, 0.2) is 21.2 Å². The lowest BCUT2D eigenvalue weighted by atomic mass is 10.3. The summed E-state index contributed by atoms with van der Waals surface area (Å²) in [5, 5.41) is 3.19. The zero-order chi connectivity index (χ0) is 9.97. The Kier molecular flexibility index (Phi) is 2.88. The molecule has 1 fully saturated rings. The molecule has 0 bridgehead atoms. The molecule has 1 saturated heterocycles. The fourth-order valence-electron chi connectivity index (χ4n) is 1.46. The number of carbonyl (C=O) groups is 1. The van der Waals surface area contributed by atoms with Gasteiger partial charge in [0, 0.05) is 26.2 Å². The zero-order valence-corrected chi connectivity index (χ0v) is 9.21. The van der Waals surface area contributed by atoms with Gasteiger partial charge >= 0.3 is 0 Å². The zero-order valence-electron chi connectivity index (χ0n) is 7.62. The Morgan fingerprint density at radius 1 is 1.50 bits per heavy atom. The molecule has 4 nitrogen and oxygen atoms in total. The molecule has 1 aliphatic rings. The molecule has 1 aromatic heterocycles. The quantitative estimate of drug-likeness (QED) is 0.821. The molecule has 0 atom stereocenters. The Morgan fingerprint density at radius 3 is 2.79 bits per heavy atom. The van der Waals surface area contributed by atoms with Gasteiger partial charge in [0.1, 0.15) is 0 Å². The van der Waals surface area contributed by atoms with Gasteiger partial charge < -0.3 is 14.6 Å². The molecule has 5 heteroatoms. The van der Waals surface area contributed by atoms with Crippen LogP contribution in [0.3, 0.4) is 0 Å². The average molecular weight is 259 g/mol. The predicted molar refractivity (Wildman–Crippen MR) is 55.2 cm³/mol. The van der Waals surface area contributed by atoms with Crippen LogP contribution in [-0.4, -0.2) is 37.0 Å². The number of nitrogens with zero attached hydrogens (tertiary/aromatic N) is 1. The maximum absolute atomic E-state index is 11.9. The first-order chi connectivity index (χ1) is 6.79. The lowest BCUT2D eigenvalue weighted by molar-refractivity contribution is 0.0702. The highest BCUT2D eigenvalue weighted by atomic mass is 79.9. The smallest absolute Gasteiger partial charge is 0.290 e. The second-order valence-corrected chi connectivity index (χ2v) is 3.99. The molecule has 2 rings (SSSR count). The van der Waals surface area contributed by atoms with Crippen LogP contribution >= 0.6 is 15.9 Å². The Balaban J connectivity index is 2.11. The Hall–Kier alpha value is -0.810. The van der Waals surface area contributed by atoms with Crippen LogP contribution in [0, 0.1) is 0 Å². The van der Waals surface area contributed by atoms with E-state index >= 15 is 0 Å². The third-order valence-electron chi connectivity index (χ3n) is 2.22. The van der Waals surface area contributed by atoms with Crippen molar-refractivity contribution in [3.63, 3.8) is 0 Å². The maximum atomic E-state index is 11.9. The Morgan fingerprint density at radius 2 is 2.21 bits per heavy atom. The number of furan rings is 1. The van der Waals surface area contributed by atoms with Crippen LogP contribution in [0.4, 0.5) is 0 Å². The first-order valence-electron chi connectivity index (χ1n) is 4.52. The lowest BCUT2D eigenvalue weighted by Crippen LogP contribution is -2.46. The van der Waals surface area contributed by atoms with Gasteiger partial charge in [-0.3, -0.25) is 4.79 Å². The SMILES string of the molecule is O=C(c1occc1Br)N1CCNCC1. The van der Waals surface area contributed by atoms with E-state index in [4.69, 9.17) is 4.42 Å². The minimum atomic E-state index is -0.0385. The molecule has 1 amide bonds. The van der Waals surface area contributed by atoms with Crippen LogP contribution in [0.1, 0.15) is 10.6 Å². The molecule has 1 N–H and O–H groups in total. The van der Waals surface area contributed by atoms with Crippen LogP contribution in [0.2, 0.25) is 0 Å². The molecule has 0 aromatic carbocycles. The van der Waals surface area contributed by atoms with Crippen molar-refractivity contribution in [2.24, 2.45) is 0 Å². The number of carbonyl (C=O) groups excluding carboxylic acids is 1. The molecule has 2 heterocycles. The number of piperazine rings is 1. The monoisotopic (exact) mass is 258 g/mol. The molecule has 14 heavy (non-hydrogen) atoms. The van der Waals surface area contributed by atoms with Gasteiger partial charge in [-0.2, -0.15) is 0 Å². The summed E-state index contributed by atoms with van der Waals surface area (Å²) in [5.74, 6) is 0.357. The van der Waals surface area contributed by atoms with Crippen molar-refractivity contribution < 1.29 is 9.21 Å². The normalized spacial score (nSPS) is 17.1. The van der Waals surface area contributed by atoms with Gasteiger partial charge in [0.15, 0.2) is 0 Å². The predicted octanol–water partition coefficient (Wildman–Crippen LogP) is 1.09. The van der Waals surface area contributed by atoms with Crippen molar-refractivity contribution in [2.45, 2.75) is 0 Å². The van der Waals surface area contributed by atoms with E-state index in [-0.39, 0.29) is 5.91 Å². The molecule has 76 valence electrons. The van der Waals surface area contributed by atoms with Crippen LogP contribution in [0.5, 0.6) is 0 Å². The number of halogens is 1. The Labute approximate surface area is 90.4 Å². The van der Waals surface area contributed by atoms with E-state index in [1.54, 1.807) is 11.0 Å². The van der Waals surface area contributed by atoms with Gasteiger partial charge in [-0.25, -0.2) is 0 Å². The van der Waals surface area contributed by atoms with E-state index in [0.717, 1.165) is 30.7 Å². The summed E-state index contributed by atoms with van der Waals surface area (Å²) in [6, 6.07) is 1.73. The van der Waals surface area contributed by atoms with E-state index in [9.17, 15) is 4.79 Å². The third kappa shape index (κ3) is 1.83. The van der Waals surface area contributed by atoms with Crippen molar-refractivity contribution in [3.8, 4) is 0 Å². The molecule has 1 aromatic rings. The summed E-state index contributed by atoms with van der Waals surface area (Å²) < 4.78 is 5.84. The summed E-state index contributed by atoms with van der Waals surface area (Å²) >= 11 is 3.28. The highest BCUT2D eigenvalue weighted by Crippen LogP contribution is 2.19. The number of hydrogen-bond donors (Lipinski definition) is 1. The largest absolute Gasteiger partial charge is 0.458 e. The van der Waals surface area contributed by atoms with E-state index in [0.29, 0.717) is 5.76 Å². The Bertz CT molecular complexity index is 331. The maximum Gasteiger partial charge on any atom is 0.290 e. The van der Waals surface area contributed by atoms with E-state index in [2.05, 4.69) is 21.2 Å². The standard InChI is InChI=1S/C9H11BrN2O2/c10-7-1-6-14-8(7)9(13)12-4-2-11-3-5-12/h1,6,11H,2-5H2. The van der Waals surface area contributed by atoms with E-state index in [1.165, 1.54) is 6.26 Å². The van der Waals surface area contributed by atoms with Gasteiger partial charge in [0.2, 0.25) is 5.76 Å². The minimum Gasteiger partial charge on any atom is -0.458 e. The molecule has 0 spiro atoms. The van der Waals surface area contributed by atoms with Crippen LogP contribution in [0.25, 0.3) is 0 Å². The van der Waals surface area contributed by atoms with Gasteiger partial charge in [0.25, 0.3) is 5.91 Å². The summed E-state index contributed by atoms with van der Waals surface area (Å²) in [6.45, 7) is 3.19. The number of rotatable bonds is 1. The van der Waals surface area contributed by atoms with Crippen molar-refractivity contribution in [1.29, 1.82) is 0 Å². The molecule has 1 aliphatic heterocycles. The first kappa shape index (κ1) is 9.73. The van der Waals surface area contributed by atoms with E-state index < -0.39 is 0 Å². The number of hydrogen-bond acceptors (Lipinski definition) is 3. The fourth-order valence-corrected chi connectivity index (χ4v) is 1.83. The summed E-state index contributed by atoms with van der Waals surface area (Å²) in [5.41, 5.74) is 0. The van der Waals surface area contributed by atoms with Crippen LogP contribution in [-0.2, 0) is 0 Å². The van der Waals surface area contributed by atoms with Gasteiger partial charge in [-0.1, -0.05) is 0 Å². The average Bonchev–Trinajstić information content (AvgIpc) is 2.65. The van der Waals surface area contributed by atoms with Gasteiger partial charge in [-0.05, 0) is 22.0 Å². The molecule has 0 saturated carbocycles. The molecule has 0 aliphatic carbocycles. The molecular weight excluding hydrogens is 248 g/mol. The molecular formula is C9H11BrN2O2. The van der Waals surface area contributed by atoms with Gasteiger partial charge in [0.05, 0.1) is 10.7 Å². The van der Waals surface area contributed by atoms with E-state index in [1.807, 2.05) is 0 Å². The highest BCUT2D eigenvalue weighted by molar-refractivity contribution is 9.10. The highest BCUT2D eigenvalue weighted by Gasteiger charge is 2.22. The fraction of sp³-hybridized carbons (Fsp3) is 0.444. The first-order valence-corrected chi connectivity index (χ1v) is 5.31. The third-order valence-corrected chi connectivity index (χ3v) is 2.84. The summed E-state index contributed by atoms with van der Waals surface area (Å²) in [4.78, 5) is 13.6. The second-order valence-electron chi connectivity index (χ2n) is 3.14. The van der Waals surface area contributed by atoms with Crippen molar-refractivity contribution >= 4 is 21.8 Å². The summed E-state index contributed by atoms with van der Waals surface area (Å²) in [7, 11) is 0.